The zero-order chi connectivity index (χ0) is 8.55. The van der Waals surface area contributed by atoms with Gasteiger partial charge in [-0.15, -0.1) is 0 Å². The summed E-state index contributed by atoms with van der Waals surface area (Å²) in [5, 5.41) is 0. The molecule has 0 aliphatic carbocycles. The molecule has 2 atom stereocenters. The van der Waals surface area contributed by atoms with Crippen molar-refractivity contribution in [1.29, 1.82) is 0 Å². The van der Waals surface area contributed by atoms with Gasteiger partial charge in [0.1, 0.15) is 0 Å². The van der Waals surface area contributed by atoms with Gasteiger partial charge in [-0.25, -0.2) is 0 Å². The fourth-order valence-electron chi connectivity index (χ4n) is 1.91. The normalized spacial score (nSPS) is 36.4. The summed E-state index contributed by atoms with van der Waals surface area (Å²) in [5.41, 5.74) is 5.94. The van der Waals surface area contributed by atoms with E-state index in [2.05, 4.69) is 0 Å². The molecule has 2 aliphatic heterocycles. The van der Waals surface area contributed by atoms with Crippen molar-refractivity contribution in [3.8, 4) is 0 Å². The first-order chi connectivity index (χ1) is 5.79. The molecule has 2 rings (SSSR count). The number of fused-ring (bicyclic) bond motifs is 1. The fraction of sp³-hybridized carbons (Fsp3) is 0.875. The van der Waals surface area contributed by atoms with Crippen LogP contribution in [0.4, 0.5) is 0 Å². The molecule has 12 heavy (non-hydrogen) atoms. The number of carbonyl (C=O) groups is 1. The topological polar surface area (TPSA) is 46.3 Å². The summed E-state index contributed by atoms with van der Waals surface area (Å²) in [6.45, 7) is 0.905. The van der Waals surface area contributed by atoms with E-state index >= 15 is 0 Å². The second-order valence-electron chi connectivity index (χ2n) is 3.43. The van der Waals surface area contributed by atoms with Crippen molar-refractivity contribution < 1.29 is 4.79 Å². The van der Waals surface area contributed by atoms with E-state index in [0.717, 1.165) is 24.5 Å². The average molecular weight is 186 g/mol. The minimum Gasteiger partial charge on any atom is -0.336 e. The summed E-state index contributed by atoms with van der Waals surface area (Å²) in [7, 11) is 0. The van der Waals surface area contributed by atoms with E-state index in [9.17, 15) is 4.79 Å². The zero-order valence-electron chi connectivity index (χ0n) is 7.03. The van der Waals surface area contributed by atoms with Crippen molar-refractivity contribution in [1.82, 2.24) is 4.90 Å². The molecule has 1 amide bonds. The molecule has 2 heterocycles. The maximum Gasteiger partial charge on any atom is 0.222 e. The second-order valence-corrected chi connectivity index (χ2v) is 4.58. The molecule has 0 aromatic heterocycles. The van der Waals surface area contributed by atoms with Gasteiger partial charge in [0.2, 0.25) is 5.91 Å². The lowest BCUT2D eigenvalue weighted by Gasteiger charge is -2.42. The van der Waals surface area contributed by atoms with E-state index in [1.165, 1.54) is 0 Å². The summed E-state index contributed by atoms with van der Waals surface area (Å²) in [6.07, 6.45) is 1.53. The molecule has 0 bridgehead atoms. The molecule has 68 valence electrons. The van der Waals surface area contributed by atoms with Gasteiger partial charge in [0.25, 0.3) is 0 Å². The lowest BCUT2D eigenvalue weighted by molar-refractivity contribution is -0.136. The van der Waals surface area contributed by atoms with E-state index in [-0.39, 0.29) is 6.04 Å². The lowest BCUT2D eigenvalue weighted by atomic mass is 9.98. The van der Waals surface area contributed by atoms with Gasteiger partial charge in [-0.1, -0.05) is 0 Å². The van der Waals surface area contributed by atoms with Crippen molar-refractivity contribution in [3.63, 3.8) is 0 Å². The second kappa shape index (κ2) is 3.26. The Bertz CT molecular complexity index is 197. The molecule has 2 unspecified atom stereocenters. The minimum absolute atomic E-state index is 0.218. The molecule has 0 saturated carbocycles. The summed E-state index contributed by atoms with van der Waals surface area (Å²) in [4.78, 5) is 13.4. The number of rotatable bonds is 0. The maximum atomic E-state index is 11.4. The molecule has 2 aliphatic rings. The minimum atomic E-state index is 0.218. The number of hydrogen-bond acceptors (Lipinski definition) is 3. The molecule has 4 heteroatoms. The third-order valence-electron chi connectivity index (χ3n) is 2.67. The molecule has 0 aromatic rings. The first-order valence-electron chi connectivity index (χ1n) is 4.42. The Balaban J connectivity index is 2.11. The number of hydrogen-bond donors (Lipinski definition) is 1. The predicted molar refractivity (Wildman–Crippen MR) is 50.0 cm³/mol. The molecule has 2 fully saturated rings. The van der Waals surface area contributed by atoms with E-state index in [4.69, 9.17) is 5.73 Å². The van der Waals surface area contributed by atoms with Crippen molar-refractivity contribution in [2.75, 3.05) is 18.1 Å². The van der Waals surface area contributed by atoms with Crippen LogP contribution >= 0.6 is 11.8 Å². The Morgan fingerprint density at radius 1 is 1.58 bits per heavy atom. The molecule has 2 N–H and O–H groups in total. The van der Waals surface area contributed by atoms with E-state index < -0.39 is 0 Å². The molecule has 0 radical (unpaired) electrons. The largest absolute Gasteiger partial charge is 0.336 e. The van der Waals surface area contributed by atoms with Crippen LogP contribution in [0.1, 0.15) is 12.8 Å². The number of amides is 1. The van der Waals surface area contributed by atoms with Gasteiger partial charge in [0.05, 0.1) is 6.04 Å². The maximum absolute atomic E-state index is 11.4. The van der Waals surface area contributed by atoms with E-state index in [0.29, 0.717) is 18.4 Å². The fourth-order valence-corrected chi connectivity index (χ4v) is 3.07. The van der Waals surface area contributed by atoms with Gasteiger partial charge in [-0.3, -0.25) is 4.79 Å². The molecule has 2 saturated heterocycles. The van der Waals surface area contributed by atoms with Crippen LogP contribution in [0.25, 0.3) is 0 Å². The Morgan fingerprint density at radius 2 is 2.42 bits per heavy atom. The van der Waals surface area contributed by atoms with E-state index in [1.54, 1.807) is 0 Å². The number of carbonyl (C=O) groups excluding carboxylic acids is 1. The van der Waals surface area contributed by atoms with Crippen LogP contribution in [-0.4, -0.2) is 40.9 Å². The highest BCUT2D eigenvalue weighted by molar-refractivity contribution is 7.99. The number of thioether (sulfide) groups is 1. The number of nitrogens with zero attached hydrogens (tertiary/aromatic N) is 1. The Kier molecular flexibility index (Phi) is 2.28. The van der Waals surface area contributed by atoms with Gasteiger partial charge in [-0.2, -0.15) is 11.8 Å². The third-order valence-corrected chi connectivity index (χ3v) is 3.72. The predicted octanol–water partition coefficient (Wildman–Crippen LogP) is 0.0515. The van der Waals surface area contributed by atoms with Crippen molar-refractivity contribution >= 4 is 17.7 Å². The van der Waals surface area contributed by atoms with Gasteiger partial charge in [0, 0.05) is 30.5 Å². The van der Waals surface area contributed by atoms with Gasteiger partial charge in [0.15, 0.2) is 0 Å². The molecule has 0 spiro atoms. The van der Waals surface area contributed by atoms with Gasteiger partial charge in [-0.05, 0) is 6.42 Å². The quantitative estimate of drug-likeness (QED) is 0.581. The van der Waals surface area contributed by atoms with Crippen LogP contribution in [-0.2, 0) is 4.79 Å². The van der Waals surface area contributed by atoms with Gasteiger partial charge >= 0.3 is 0 Å². The van der Waals surface area contributed by atoms with E-state index in [1.807, 2.05) is 16.7 Å². The average Bonchev–Trinajstić information content (AvgIpc) is 2.12. The summed E-state index contributed by atoms with van der Waals surface area (Å²) >= 11 is 1.91. The highest BCUT2D eigenvalue weighted by atomic mass is 32.2. The number of piperidine rings is 1. The highest BCUT2D eigenvalue weighted by Gasteiger charge is 2.35. The van der Waals surface area contributed by atoms with Crippen molar-refractivity contribution in [2.45, 2.75) is 24.9 Å². The highest BCUT2D eigenvalue weighted by Crippen LogP contribution is 2.24. The standard InChI is InChI=1S/C8H14N2OS/c9-6-1-2-8(11)10-3-4-12-5-7(6)10/h6-7H,1-5,9H2. The number of nitrogens with two attached hydrogens (primary N) is 1. The Hall–Kier alpha value is -0.220. The first-order valence-corrected chi connectivity index (χ1v) is 5.57. The Morgan fingerprint density at radius 3 is 3.17 bits per heavy atom. The third kappa shape index (κ3) is 1.33. The molecule has 0 aromatic carbocycles. The smallest absolute Gasteiger partial charge is 0.222 e. The zero-order valence-corrected chi connectivity index (χ0v) is 7.85. The van der Waals surface area contributed by atoms with Crippen molar-refractivity contribution in [2.24, 2.45) is 5.73 Å². The molecular formula is C8H14N2OS. The van der Waals surface area contributed by atoms with Gasteiger partial charge < -0.3 is 10.6 Å². The summed E-state index contributed by atoms with van der Waals surface area (Å²) in [6, 6.07) is 0.542. The first kappa shape index (κ1) is 8.38. The Labute approximate surface area is 76.7 Å². The molecule has 3 nitrogen and oxygen atoms in total. The monoisotopic (exact) mass is 186 g/mol. The molecular weight excluding hydrogens is 172 g/mol. The van der Waals surface area contributed by atoms with Crippen molar-refractivity contribution in [3.05, 3.63) is 0 Å². The summed E-state index contributed by atoms with van der Waals surface area (Å²) < 4.78 is 0. The van der Waals surface area contributed by atoms with Crippen LogP contribution in [0.2, 0.25) is 0 Å². The SMILES string of the molecule is NC1CCC(=O)N2CCSCC12. The van der Waals surface area contributed by atoms with Crippen LogP contribution in [0.15, 0.2) is 0 Å². The lowest BCUT2D eigenvalue weighted by Crippen LogP contribution is -2.58. The van der Waals surface area contributed by atoms with Crippen LogP contribution in [0, 0.1) is 0 Å². The summed E-state index contributed by atoms with van der Waals surface area (Å²) in [5.74, 6) is 2.42. The van der Waals surface area contributed by atoms with Crippen LogP contribution in [0.3, 0.4) is 0 Å². The van der Waals surface area contributed by atoms with Crippen LogP contribution in [0.5, 0.6) is 0 Å². The van der Waals surface area contributed by atoms with Crippen LogP contribution < -0.4 is 5.73 Å².